The van der Waals surface area contributed by atoms with Crippen molar-refractivity contribution < 1.29 is 9.69 Å². The Balaban J connectivity index is 2.15. The molecule has 0 aromatic carbocycles. The van der Waals surface area contributed by atoms with E-state index in [2.05, 4.69) is 13.8 Å². The number of quaternary nitrogens is 1. The van der Waals surface area contributed by atoms with Crippen molar-refractivity contribution in [2.24, 2.45) is 31.3 Å². The maximum absolute atomic E-state index is 12.9. The lowest BCUT2D eigenvalue weighted by Crippen LogP contribution is -3.13. The van der Waals surface area contributed by atoms with Crippen LogP contribution >= 0.6 is 0 Å². The molecule has 0 radical (unpaired) electrons. The third kappa shape index (κ3) is 4.08. The molecule has 3 rings (SSSR count). The quantitative estimate of drug-likeness (QED) is 0.784. The standard InChI is InChI=1S/C21H33N5O3/c1-13-8-14(2)10-25(9-13)12-16-22-18-17(19(28)24(7)20(29)23(18)6)26(16)11-15(27)21(3,4)5/h13-14H,8-12H2,1-7H3/p+1/t13-,14+. The fraction of sp³-hybridized carbons (Fsp3) is 0.714. The summed E-state index contributed by atoms with van der Waals surface area (Å²) in [6.45, 7) is 13.0. The Kier molecular flexibility index (Phi) is 5.60. The number of piperidine rings is 1. The molecule has 160 valence electrons. The van der Waals surface area contributed by atoms with Crippen molar-refractivity contribution >= 4 is 16.9 Å². The highest BCUT2D eigenvalue weighted by Crippen LogP contribution is 2.19. The lowest BCUT2D eigenvalue weighted by Gasteiger charge is -2.31. The topological polar surface area (TPSA) is 83.3 Å². The van der Waals surface area contributed by atoms with Gasteiger partial charge in [-0.2, -0.15) is 0 Å². The number of ketones is 1. The number of fused-ring (bicyclic) bond motifs is 1. The van der Waals surface area contributed by atoms with E-state index in [1.165, 1.54) is 22.9 Å². The molecule has 2 aromatic heterocycles. The summed E-state index contributed by atoms with van der Waals surface area (Å²) in [7, 11) is 3.08. The molecule has 3 atom stereocenters. The number of imidazole rings is 1. The second-order valence-electron chi connectivity index (χ2n) is 9.95. The van der Waals surface area contributed by atoms with Gasteiger partial charge in [-0.3, -0.25) is 18.7 Å². The van der Waals surface area contributed by atoms with Crippen molar-refractivity contribution in [2.45, 2.75) is 54.1 Å². The molecule has 29 heavy (non-hydrogen) atoms. The Morgan fingerprint density at radius 1 is 1.10 bits per heavy atom. The number of hydrogen-bond donors (Lipinski definition) is 1. The minimum atomic E-state index is -0.527. The van der Waals surface area contributed by atoms with E-state index in [0.29, 0.717) is 35.4 Å². The molecule has 0 saturated carbocycles. The molecule has 8 heteroatoms. The van der Waals surface area contributed by atoms with Crippen molar-refractivity contribution in [1.82, 2.24) is 18.7 Å². The van der Waals surface area contributed by atoms with Crippen LogP contribution in [0.25, 0.3) is 11.2 Å². The lowest BCUT2D eigenvalue weighted by molar-refractivity contribution is -0.926. The monoisotopic (exact) mass is 404 g/mol. The van der Waals surface area contributed by atoms with Crippen molar-refractivity contribution in [2.75, 3.05) is 13.1 Å². The van der Waals surface area contributed by atoms with Gasteiger partial charge in [0.05, 0.1) is 19.6 Å². The molecule has 0 spiro atoms. The molecule has 0 aliphatic carbocycles. The third-order valence-electron chi connectivity index (χ3n) is 6.05. The largest absolute Gasteiger partial charge is 0.332 e. The zero-order chi connectivity index (χ0) is 21.7. The highest BCUT2D eigenvalue weighted by Gasteiger charge is 2.30. The van der Waals surface area contributed by atoms with E-state index in [9.17, 15) is 14.4 Å². The molecule has 0 bridgehead atoms. The van der Waals surface area contributed by atoms with E-state index >= 15 is 0 Å². The Bertz CT molecular complexity index is 1040. The molecule has 1 aliphatic heterocycles. The number of rotatable bonds is 4. The van der Waals surface area contributed by atoms with Gasteiger partial charge in [0.25, 0.3) is 5.56 Å². The number of nitrogens with zero attached hydrogens (tertiary/aromatic N) is 4. The zero-order valence-corrected chi connectivity index (χ0v) is 18.7. The van der Waals surface area contributed by atoms with E-state index < -0.39 is 16.7 Å². The lowest BCUT2D eigenvalue weighted by atomic mass is 9.91. The maximum atomic E-state index is 12.9. The summed E-state index contributed by atoms with van der Waals surface area (Å²) >= 11 is 0. The first-order valence-corrected chi connectivity index (χ1v) is 10.4. The minimum Gasteiger partial charge on any atom is -0.328 e. The van der Waals surface area contributed by atoms with Crippen LogP contribution in [0.15, 0.2) is 9.59 Å². The third-order valence-corrected chi connectivity index (χ3v) is 6.05. The molecule has 2 aromatic rings. The molecule has 1 N–H and O–H groups in total. The Morgan fingerprint density at radius 3 is 2.24 bits per heavy atom. The number of Topliss-reactive ketones (excluding diaryl/α,β-unsaturated/α-hetero) is 1. The fourth-order valence-electron chi connectivity index (χ4n) is 4.47. The predicted molar refractivity (Wildman–Crippen MR) is 112 cm³/mol. The van der Waals surface area contributed by atoms with E-state index in [0.717, 1.165) is 17.7 Å². The molecule has 1 saturated heterocycles. The SMILES string of the molecule is C[C@@H]1C[C@H](C)C[NH+](Cc2nc3c(c(=O)n(C)c(=O)n3C)n2CC(=O)C(C)(C)C)C1. The summed E-state index contributed by atoms with van der Waals surface area (Å²) < 4.78 is 4.24. The van der Waals surface area contributed by atoms with Crippen molar-refractivity contribution in [3.8, 4) is 0 Å². The normalized spacial score (nSPS) is 22.9. The number of carbonyl (C=O) groups excluding carboxylic acids is 1. The maximum Gasteiger partial charge on any atom is 0.332 e. The second kappa shape index (κ2) is 7.55. The van der Waals surface area contributed by atoms with Gasteiger partial charge in [-0.1, -0.05) is 34.6 Å². The molecule has 8 nitrogen and oxygen atoms in total. The van der Waals surface area contributed by atoms with Crippen LogP contribution in [0.5, 0.6) is 0 Å². The first-order chi connectivity index (χ1) is 13.4. The summed E-state index contributed by atoms with van der Waals surface area (Å²) in [5, 5.41) is 0. The van der Waals surface area contributed by atoms with Crippen LogP contribution in [0.1, 0.15) is 46.9 Å². The summed E-state index contributed by atoms with van der Waals surface area (Å²) in [5.74, 6) is 1.98. The number of aryl methyl sites for hydroxylation is 1. The predicted octanol–water partition coefficient (Wildman–Crippen LogP) is 0.110. The van der Waals surface area contributed by atoms with Gasteiger partial charge in [0.15, 0.2) is 22.8 Å². The van der Waals surface area contributed by atoms with Crippen molar-refractivity contribution in [1.29, 1.82) is 0 Å². The van der Waals surface area contributed by atoms with E-state index in [1.54, 1.807) is 11.6 Å². The highest BCUT2D eigenvalue weighted by atomic mass is 16.2. The van der Waals surface area contributed by atoms with Gasteiger partial charge in [-0.15, -0.1) is 0 Å². The van der Waals surface area contributed by atoms with Crippen LogP contribution < -0.4 is 16.1 Å². The van der Waals surface area contributed by atoms with Gasteiger partial charge < -0.3 is 9.47 Å². The summed E-state index contributed by atoms with van der Waals surface area (Å²) in [6.07, 6.45) is 1.22. The zero-order valence-electron chi connectivity index (χ0n) is 18.7. The van der Waals surface area contributed by atoms with Crippen LogP contribution in [-0.2, 0) is 32.0 Å². The molecular formula is C21H34N5O3+. The average Bonchev–Trinajstić information content (AvgIpc) is 2.94. The molecule has 1 fully saturated rings. The number of hydrogen-bond acceptors (Lipinski definition) is 4. The van der Waals surface area contributed by atoms with E-state index in [4.69, 9.17) is 4.98 Å². The molecule has 1 aliphatic rings. The Morgan fingerprint density at radius 2 is 1.69 bits per heavy atom. The second-order valence-corrected chi connectivity index (χ2v) is 9.95. The van der Waals surface area contributed by atoms with Crippen LogP contribution in [0, 0.1) is 17.3 Å². The van der Waals surface area contributed by atoms with E-state index in [-0.39, 0.29) is 12.3 Å². The highest BCUT2D eigenvalue weighted by molar-refractivity contribution is 5.85. The average molecular weight is 405 g/mol. The Hall–Kier alpha value is -2.22. The van der Waals surface area contributed by atoms with Gasteiger partial charge in [0, 0.05) is 31.3 Å². The van der Waals surface area contributed by atoms with Crippen LogP contribution in [0.3, 0.4) is 0 Å². The number of aromatic nitrogens is 4. The molecule has 1 unspecified atom stereocenters. The van der Waals surface area contributed by atoms with Crippen LogP contribution in [0.2, 0.25) is 0 Å². The Labute approximate surface area is 171 Å². The number of carbonyl (C=O) groups is 1. The smallest absolute Gasteiger partial charge is 0.328 e. The van der Waals surface area contributed by atoms with Crippen LogP contribution in [0.4, 0.5) is 0 Å². The van der Waals surface area contributed by atoms with E-state index in [1.807, 2.05) is 20.8 Å². The van der Waals surface area contributed by atoms with Gasteiger partial charge in [-0.05, 0) is 6.42 Å². The van der Waals surface area contributed by atoms with Gasteiger partial charge in [0.1, 0.15) is 6.54 Å². The van der Waals surface area contributed by atoms with Gasteiger partial charge in [0.2, 0.25) is 0 Å². The first kappa shape index (κ1) is 21.5. The molecule has 0 amide bonds. The summed E-state index contributed by atoms with van der Waals surface area (Å²) in [4.78, 5) is 44.3. The minimum absolute atomic E-state index is 0.0318. The van der Waals surface area contributed by atoms with Gasteiger partial charge in [-0.25, -0.2) is 9.78 Å². The molecular weight excluding hydrogens is 370 g/mol. The number of likely N-dealkylation sites (tertiary alicyclic amines) is 1. The fourth-order valence-corrected chi connectivity index (χ4v) is 4.47. The summed E-state index contributed by atoms with van der Waals surface area (Å²) in [6, 6.07) is 0. The number of nitrogens with one attached hydrogen (secondary N) is 1. The first-order valence-electron chi connectivity index (χ1n) is 10.4. The van der Waals surface area contributed by atoms with Gasteiger partial charge >= 0.3 is 5.69 Å². The summed E-state index contributed by atoms with van der Waals surface area (Å²) in [5.41, 5.74) is -0.653. The van der Waals surface area contributed by atoms with Crippen LogP contribution in [-0.4, -0.2) is 37.6 Å². The molecule has 3 heterocycles. The van der Waals surface area contributed by atoms with Crippen molar-refractivity contribution in [3.05, 3.63) is 26.7 Å². The van der Waals surface area contributed by atoms with Crippen molar-refractivity contribution in [3.63, 3.8) is 0 Å².